The quantitative estimate of drug-likeness (QED) is 0.568. The summed E-state index contributed by atoms with van der Waals surface area (Å²) in [6.45, 7) is 3.94. The van der Waals surface area contributed by atoms with E-state index in [0.29, 0.717) is 6.54 Å². The number of benzene rings is 1. The molecule has 0 spiro atoms. The Morgan fingerprint density at radius 2 is 1.59 bits per heavy atom. The van der Waals surface area contributed by atoms with Gasteiger partial charge in [-0.1, -0.05) is 30.4 Å². The molecule has 2 bridgehead atoms. The lowest BCUT2D eigenvalue weighted by atomic mass is 9.85. The number of amides is 2. The number of aliphatic hydroxyl groups is 1. The number of carbonyl (C=O) groups is 2. The summed E-state index contributed by atoms with van der Waals surface area (Å²) < 4.78 is 0. The molecule has 0 aromatic heterocycles. The maximum absolute atomic E-state index is 12.6. The van der Waals surface area contributed by atoms with E-state index < -0.39 is 6.10 Å². The molecule has 2 saturated heterocycles. The highest BCUT2D eigenvalue weighted by molar-refractivity contribution is 6.05. The third-order valence-corrected chi connectivity index (χ3v) is 6.79. The molecule has 1 N–H and O–H groups in total. The second-order valence-electron chi connectivity index (χ2n) is 8.54. The molecule has 29 heavy (non-hydrogen) atoms. The Bertz CT molecular complexity index is 776. The summed E-state index contributed by atoms with van der Waals surface area (Å²) in [6, 6.07) is 10.3. The van der Waals surface area contributed by atoms with E-state index in [1.807, 2.05) is 18.2 Å². The zero-order valence-electron chi connectivity index (χ0n) is 16.4. The molecule has 2 heterocycles. The maximum atomic E-state index is 12.6. The number of carbonyl (C=O) groups excluding carboxylic acids is 2. The van der Waals surface area contributed by atoms with Crippen LogP contribution in [0.2, 0.25) is 0 Å². The van der Waals surface area contributed by atoms with Crippen molar-refractivity contribution in [1.82, 2.24) is 9.96 Å². The lowest BCUT2D eigenvalue weighted by molar-refractivity contribution is -0.197. The van der Waals surface area contributed by atoms with Gasteiger partial charge in [-0.15, -0.1) is 0 Å². The van der Waals surface area contributed by atoms with Crippen molar-refractivity contribution in [2.24, 2.45) is 23.7 Å². The van der Waals surface area contributed by atoms with E-state index in [2.05, 4.69) is 34.1 Å². The first-order valence-corrected chi connectivity index (χ1v) is 10.5. The predicted molar refractivity (Wildman–Crippen MR) is 107 cm³/mol. The van der Waals surface area contributed by atoms with Gasteiger partial charge in [-0.2, -0.15) is 5.06 Å². The third-order valence-electron chi connectivity index (χ3n) is 6.79. The molecule has 3 fully saturated rings. The molecule has 2 amide bonds. The molecule has 5 rings (SSSR count). The van der Waals surface area contributed by atoms with E-state index in [-0.39, 0.29) is 42.1 Å². The summed E-state index contributed by atoms with van der Waals surface area (Å²) in [5.74, 6) is -0.663. The molecule has 2 aliphatic heterocycles. The van der Waals surface area contributed by atoms with Crippen LogP contribution in [0, 0.1) is 23.7 Å². The highest BCUT2D eigenvalue weighted by atomic mass is 16.7. The number of piperazine rings is 1. The lowest BCUT2D eigenvalue weighted by Crippen LogP contribution is -2.49. The van der Waals surface area contributed by atoms with E-state index >= 15 is 0 Å². The summed E-state index contributed by atoms with van der Waals surface area (Å²) >= 11 is 0. The molecular formula is C22H27N3O4. The molecule has 0 radical (unpaired) electrons. The van der Waals surface area contributed by atoms with Gasteiger partial charge in [-0.3, -0.25) is 19.3 Å². The number of rotatable bonds is 6. The van der Waals surface area contributed by atoms with Crippen LogP contribution in [0.5, 0.6) is 0 Å². The summed E-state index contributed by atoms with van der Waals surface area (Å²) in [7, 11) is 0. The predicted octanol–water partition coefficient (Wildman–Crippen LogP) is 0.908. The first-order chi connectivity index (χ1) is 14.1. The Labute approximate surface area is 170 Å². The standard InChI is InChI=1S/C22H27N3O4/c26-18(13-23-8-10-24(11-9-23)17-4-2-1-3-5-17)14-29-25-21(27)19-15-6-7-16(12-15)20(19)22(25)28/h1-7,15-16,18-20,26H,8-14H2. The Balaban J connectivity index is 1.09. The number of hydrogen-bond donors (Lipinski definition) is 1. The highest BCUT2D eigenvalue weighted by Crippen LogP contribution is 2.52. The molecule has 7 nitrogen and oxygen atoms in total. The topological polar surface area (TPSA) is 73.3 Å². The SMILES string of the molecule is O=C1C2C3C=CC(C3)C2C(=O)N1OCC(O)CN1CCN(c2ccccc2)CC1. The summed E-state index contributed by atoms with van der Waals surface area (Å²) in [5.41, 5.74) is 1.22. The summed E-state index contributed by atoms with van der Waals surface area (Å²) in [6.07, 6.45) is 4.28. The third kappa shape index (κ3) is 3.37. The van der Waals surface area contributed by atoms with Crippen molar-refractivity contribution >= 4 is 17.5 Å². The zero-order valence-corrected chi connectivity index (χ0v) is 16.4. The van der Waals surface area contributed by atoms with Gasteiger partial charge in [0.1, 0.15) is 6.61 Å². The van der Waals surface area contributed by atoms with Crippen LogP contribution in [0.1, 0.15) is 6.42 Å². The van der Waals surface area contributed by atoms with Crippen LogP contribution in [0.4, 0.5) is 5.69 Å². The minimum atomic E-state index is -0.742. The average molecular weight is 397 g/mol. The number of imide groups is 1. The number of β-amino-alcohol motifs (C(OH)–C–C–N with tert-alkyl or cyclic N) is 1. The fourth-order valence-corrected chi connectivity index (χ4v) is 5.34. The van der Waals surface area contributed by atoms with E-state index in [1.54, 1.807) is 0 Å². The van der Waals surface area contributed by atoms with Gasteiger partial charge < -0.3 is 10.0 Å². The molecule has 1 aromatic rings. The lowest BCUT2D eigenvalue weighted by Gasteiger charge is -2.36. The number of nitrogens with zero attached hydrogens (tertiary/aromatic N) is 3. The fraction of sp³-hybridized carbons (Fsp3) is 0.545. The van der Waals surface area contributed by atoms with Crippen LogP contribution in [-0.2, 0) is 14.4 Å². The Kier molecular flexibility index (Phi) is 4.89. The molecule has 2 aliphatic carbocycles. The monoisotopic (exact) mass is 397 g/mol. The Morgan fingerprint density at radius 3 is 2.21 bits per heavy atom. The van der Waals surface area contributed by atoms with E-state index in [0.717, 1.165) is 37.7 Å². The van der Waals surface area contributed by atoms with Crippen LogP contribution in [-0.4, -0.2) is 72.3 Å². The summed E-state index contributed by atoms with van der Waals surface area (Å²) in [5, 5.41) is 11.3. The van der Waals surface area contributed by atoms with Crippen LogP contribution in [0.15, 0.2) is 42.5 Å². The van der Waals surface area contributed by atoms with Crippen molar-refractivity contribution in [3.63, 3.8) is 0 Å². The van der Waals surface area contributed by atoms with Crippen LogP contribution in [0.25, 0.3) is 0 Å². The van der Waals surface area contributed by atoms with Gasteiger partial charge in [-0.25, -0.2) is 0 Å². The van der Waals surface area contributed by atoms with Crippen molar-refractivity contribution in [2.75, 3.05) is 44.2 Å². The minimum absolute atomic E-state index is 0.0431. The number of aliphatic hydroxyl groups excluding tert-OH is 1. The number of allylic oxidation sites excluding steroid dienone is 2. The first kappa shape index (κ1) is 18.8. The van der Waals surface area contributed by atoms with Crippen molar-refractivity contribution in [2.45, 2.75) is 12.5 Å². The van der Waals surface area contributed by atoms with Crippen molar-refractivity contribution in [3.8, 4) is 0 Å². The second kappa shape index (κ2) is 7.55. The minimum Gasteiger partial charge on any atom is -0.389 e. The molecule has 7 heteroatoms. The van der Waals surface area contributed by atoms with Crippen LogP contribution in [0.3, 0.4) is 0 Å². The summed E-state index contributed by atoms with van der Waals surface area (Å²) in [4.78, 5) is 35.2. The van der Waals surface area contributed by atoms with Gasteiger partial charge in [-0.05, 0) is 30.4 Å². The van der Waals surface area contributed by atoms with Gasteiger partial charge in [0.15, 0.2) is 0 Å². The number of anilines is 1. The smallest absolute Gasteiger partial charge is 0.258 e. The molecule has 5 atom stereocenters. The largest absolute Gasteiger partial charge is 0.389 e. The van der Waals surface area contributed by atoms with Gasteiger partial charge in [0.05, 0.1) is 17.9 Å². The molecular weight excluding hydrogens is 370 g/mol. The van der Waals surface area contributed by atoms with Gasteiger partial charge >= 0.3 is 0 Å². The zero-order chi connectivity index (χ0) is 20.0. The van der Waals surface area contributed by atoms with Crippen molar-refractivity contribution < 1.29 is 19.5 Å². The van der Waals surface area contributed by atoms with Crippen molar-refractivity contribution in [3.05, 3.63) is 42.5 Å². The van der Waals surface area contributed by atoms with Crippen LogP contribution >= 0.6 is 0 Å². The number of hydrogen-bond acceptors (Lipinski definition) is 6. The average Bonchev–Trinajstić information content (AvgIpc) is 3.42. The number of para-hydroxylation sites is 1. The van der Waals surface area contributed by atoms with Gasteiger partial charge in [0, 0.05) is 38.4 Å². The molecule has 1 saturated carbocycles. The highest BCUT2D eigenvalue weighted by Gasteiger charge is 2.60. The molecule has 4 aliphatic rings. The van der Waals surface area contributed by atoms with Crippen LogP contribution < -0.4 is 4.90 Å². The Hall–Kier alpha value is -2.22. The second-order valence-corrected chi connectivity index (χ2v) is 8.54. The van der Waals surface area contributed by atoms with Gasteiger partial charge in [0.2, 0.25) is 0 Å². The van der Waals surface area contributed by atoms with E-state index in [9.17, 15) is 14.7 Å². The molecule has 1 aromatic carbocycles. The maximum Gasteiger partial charge on any atom is 0.258 e. The van der Waals surface area contributed by atoms with Crippen molar-refractivity contribution in [1.29, 1.82) is 0 Å². The molecule has 154 valence electrons. The normalized spacial score (nSPS) is 32.3. The number of fused-ring (bicyclic) bond motifs is 5. The fourth-order valence-electron chi connectivity index (χ4n) is 5.34. The first-order valence-electron chi connectivity index (χ1n) is 10.5. The van der Waals surface area contributed by atoms with E-state index in [4.69, 9.17) is 4.84 Å². The number of hydroxylamine groups is 2. The van der Waals surface area contributed by atoms with E-state index in [1.165, 1.54) is 5.69 Å². The van der Waals surface area contributed by atoms with Gasteiger partial charge in [0.25, 0.3) is 11.8 Å². The Morgan fingerprint density at radius 1 is 0.966 bits per heavy atom. The molecule has 5 unspecified atom stereocenters.